The molecular weight excluding hydrogens is 382 g/mol. The van der Waals surface area contributed by atoms with Crippen molar-refractivity contribution in [2.45, 2.75) is 76.9 Å². The molecule has 1 heterocycles. The van der Waals surface area contributed by atoms with E-state index in [0.717, 1.165) is 6.42 Å². The van der Waals surface area contributed by atoms with E-state index in [1.807, 2.05) is 33.8 Å². The number of allylic oxidation sites excluding steroid dienone is 1. The maximum atomic E-state index is 12.3. The Morgan fingerprint density at radius 3 is 2.64 bits per heavy atom. The lowest BCUT2D eigenvalue weighted by molar-refractivity contribution is -0.126. The summed E-state index contributed by atoms with van der Waals surface area (Å²) >= 11 is 3.70. The Labute approximate surface area is 173 Å². The van der Waals surface area contributed by atoms with Crippen LogP contribution in [0.4, 0.5) is 4.79 Å². The topological polar surface area (TPSA) is 89.6 Å². The number of methoxy groups -OCH3 is 1. The number of rotatable bonds is 9. The Kier molecular flexibility index (Phi) is 8.63. The molecule has 162 valence electrons. The first-order valence-corrected chi connectivity index (χ1v) is 10.3. The standard InChI is InChI=1S/C20H35NO6S/c1-12(2)6-7-15(22)14(4)17-18(24-5)16(8-9-20(17)11-25-20)27-19(23)21-13(3)10-26-28/h6,13-18,22,28H,7-11H2,1-5H3,(H,21,23). The van der Waals surface area contributed by atoms with E-state index in [2.05, 4.69) is 18.2 Å². The van der Waals surface area contributed by atoms with E-state index >= 15 is 0 Å². The number of carbonyl (C=O) groups excluding carboxylic acids is 1. The van der Waals surface area contributed by atoms with E-state index in [9.17, 15) is 9.90 Å². The number of carbonyl (C=O) groups is 1. The summed E-state index contributed by atoms with van der Waals surface area (Å²) in [4.78, 5) is 12.3. The van der Waals surface area contributed by atoms with Crippen molar-refractivity contribution in [2.24, 2.45) is 11.8 Å². The van der Waals surface area contributed by atoms with Gasteiger partial charge in [0.1, 0.15) is 12.2 Å². The Morgan fingerprint density at radius 2 is 2.11 bits per heavy atom. The molecule has 2 rings (SSSR count). The van der Waals surface area contributed by atoms with Gasteiger partial charge in [-0.15, -0.1) is 0 Å². The highest BCUT2D eigenvalue weighted by atomic mass is 32.1. The van der Waals surface area contributed by atoms with Gasteiger partial charge in [0.15, 0.2) is 0 Å². The first-order chi connectivity index (χ1) is 13.2. The molecule has 0 aromatic rings. The molecule has 2 fully saturated rings. The fourth-order valence-electron chi connectivity index (χ4n) is 4.22. The number of epoxide rings is 1. The van der Waals surface area contributed by atoms with Crippen LogP contribution in [-0.4, -0.2) is 61.5 Å². The normalized spacial score (nSPS) is 32.3. The summed E-state index contributed by atoms with van der Waals surface area (Å²) in [5.41, 5.74) is 0.892. The highest BCUT2D eigenvalue weighted by Gasteiger charge is 2.61. The molecule has 1 saturated carbocycles. The van der Waals surface area contributed by atoms with Crippen molar-refractivity contribution in [1.29, 1.82) is 0 Å². The Hall–Kier alpha value is -0.800. The minimum absolute atomic E-state index is 0.0530. The number of nitrogens with one attached hydrogen (secondary N) is 1. The monoisotopic (exact) mass is 417 g/mol. The summed E-state index contributed by atoms with van der Waals surface area (Å²) in [5, 5.41) is 13.5. The summed E-state index contributed by atoms with van der Waals surface area (Å²) in [6, 6.07) is -0.215. The van der Waals surface area contributed by atoms with Gasteiger partial charge in [0.2, 0.25) is 0 Å². The second kappa shape index (κ2) is 10.3. The van der Waals surface area contributed by atoms with Crippen LogP contribution in [0.3, 0.4) is 0 Å². The molecule has 0 aromatic heterocycles. The number of thiol groups is 1. The largest absolute Gasteiger partial charge is 0.443 e. The van der Waals surface area contributed by atoms with Gasteiger partial charge in [0, 0.05) is 13.0 Å². The van der Waals surface area contributed by atoms with E-state index in [0.29, 0.717) is 19.4 Å². The summed E-state index contributed by atoms with van der Waals surface area (Å²) in [6.07, 6.45) is 2.31. The lowest BCUT2D eigenvalue weighted by atomic mass is 9.68. The first-order valence-electron chi connectivity index (χ1n) is 9.95. The molecule has 0 radical (unpaired) electrons. The van der Waals surface area contributed by atoms with Crippen molar-refractivity contribution < 1.29 is 28.3 Å². The Balaban J connectivity index is 2.08. The van der Waals surface area contributed by atoms with E-state index in [-0.39, 0.29) is 36.2 Å². The maximum Gasteiger partial charge on any atom is 0.407 e. The number of aliphatic hydroxyl groups is 1. The molecule has 2 aliphatic rings. The van der Waals surface area contributed by atoms with Gasteiger partial charge in [-0.3, -0.25) is 0 Å². The van der Waals surface area contributed by atoms with Gasteiger partial charge in [0.25, 0.3) is 0 Å². The number of hydrogen-bond donors (Lipinski definition) is 3. The van der Waals surface area contributed by atoms with Crippen molar-refractivity contribution in [3.8, 4) is 0 Å². The minimum atomic E-state index is -0.515. The summed E-state index contributed by atoms with van der Waals surface area (Å²) < 4.78 is 22.1. The van der Waals surface area contributed by atoms with Crippen LogP contribution in [0.2, 0.25) is 0 Å². The number of alkyl carbamates (subject to hydrolysis) is 1. The molecule has 1 aliphatic heterocycles. The smallest absolute Gasteiger partial charge is 0.407 e. The van der Waals surface area contributed by atoms with Gasteiger partial charge in [-0.25, -0.2) is 4.79 Å². The number of hydrogen-bond acceptors (Lipinski definition) is 7. The third-order valence-corrected chi connectivity index (χ3v) is 6.00. The van der Waals surface area contributed by atoms with Gasteiger partial charge in [0.05, 0.1) is 31.0 Å². The number of ether oxygens (including phenoxy) is 3. The SMILES string of the molecule is COC1C(OC(=O)NC(C)COS)CCC2(CO2)C1C(C)C(O)CC=C(C)C. The average molecular weight is 418 g/mol. The van der Waals surface area contributed by atoms with Gasteiger partial charge in [-0.2, -0.15) is 0 Å². The second-order valence-corrected chi connectivity index (χ2v) is 8.60. The van der Waals surface area contributed by atoms with Crippen molar-refractivity contribution in [3.05, 3.63) is 11.6 Å². The second-order valence-electron chi connectivity index (χ2n) is 8.35. The van der Waals surface area contributed by atoms with Crippen LogP contribution in [-0.2, 0) is 18.4 Å². The molecular formula is C20H35NO6S. The van der Waals surface area contributed by atoms with Crippen LogP contribution in [0.1, 0.15) is 47.0 Å². The third kappa shape index (κ3) is 5.86. The fraction of sp³-hybridized carbons (Fsp3) is 0.850. The molecule has 28 heavy (non-hydrogen) atoms. The zero-order valence-electron chi connectivity index (χ0n) is 17.5. The van der Waals surface area contributed by atoms with Crippen molar-refractivity contribution >= 4 is 19.0 Å². The molecule has 1 saturated heterocycles. The number of aliphatic hydroxyl groups excluding tert-OH is 1. The van der Waals surface area contributed by atoms with Crippen LogP contribution in [0.25, 0.3) is 0 Å². The Morgan fingerprint density at radius 1 is 1.43 bits per heavy atom. The first kappa shape index (κ1) is 23.5. The van der Waals surface area contributed by atoms with Crippen molar-refractivity contribution in [2.75, 3.05) is 20.3 Å². The van der Waals surface area contributed by atoms with E-state index in [1.165, 1.54) is 5.57 Å². The lowest BCUT2D eigenvalue weighted by Gasteiger charge is -2.44. The van der Waals surface area contributed by atoms with E-state index in [1.54, 1.807) is 7.11 Å². The maximum absolute atomic E-state index is 12.3. The number of amides is 1. The molecule has 8 heteroatoms. The molecule has 2 N–H and O–H groups in total. The van der Waals surface area contributed by atoms with Gasteiger partial charge < -0.3 is 28.8 Å². The van der Waals surface area contributed by atoms with Gasteiger partial charge in [-0.05, 0) is 58.9 Å². The zero-order chi connectivity index (χ0) is 20.9. The van der Waals surface area contributed by atoms with Crippen LogP contribution in [0.5, 0.6) is 0 Å². The summed E-state index contributed by atoms with van der Waals surface area (Å²) in [5.74, 6) is -0.114. The molecule has 7 unspecified atom stereocenters. The molecule has 7 nitrogen and oxygen atoms in total. The molecule has 7 atom stereocenters. The minimum Gasteiger partial charge on any atom is -0.443 e. The Bertz CT molecular complexity index is 549. The van der Waals surface area contributed by atoms with Crippen molar-refractivity contribution in [1.82, 2.24) is 5.32 Å². The van der Waals surface area contributed by atoms with Crippen molar-refractivity contribution in [3.63, 3.8) is 0 Å². The quantitative estimate of drug-likeness (QED) is 0.231. The molecule has 0 bridgehead atoms. The van der Waals surface area contributed by atoms with Gasteiger partial charge >= 0.3 is 6.09 Å². The molecule has 0 aromatic carbocycles. The van der Waals surface area contributed by atoms with E-state index < -0.39 is 18.3 Å². The third-order valence-electron chi connectivity index (χ3n) is 5.86. The zero-order valence-corrected chi connectivity index (χ0v) is 18.4. The molecule has 1 aliphatic carbocycles. The lowest BCUT2D eigenvalue weighted by Crippen LogP contribution is -2.55. The van der Waals surface area contributed by atoms with Crippen LogP contribution in [0.15, 0.2) is 11.6 Å². The summed E-state index contributed by atoms with van der Waals surface area (Å²) in [7, 11) is 1.62. The fourth-order valence-corrected chi connectivity index (χ4v) is 4.44. The molecule has 1 spiro atoms. The highest BCUT2D eigenvalue weighted by Crippen LogP contribution is 2.51. The highest BCUT2D eigenvalue weighted by molar-refractivity contribution is 7.75. The van der Waals surface area contributed by atoms with Crippen LogP contribution < -0.4 is 5.32 Å². The molecule has 1 amide bonds. The van der Waals surface area contributed by atoms with Crippen LogP contribution in [0, 0.1) is 11.8 Å². The predicted molar refractivity (Wildman–Crippen MR) is 109 cm³/mol. The predicted octanol–water partition coefficient (Wildman–Crippen LogP) is 2.88. The average Bonchev–Trinajstić information content (AvgIpc) is 3.40. The summed E-state index contributed by atoms with van der Waals surface area (Å²) in [6.45, 7) is 8.81. The van der Waals surface area contributed by atoms with E-state index in [4.69, 9.17) is 18.4 Å². The van der Waals surface area contributed by atoms with Gasteiger partial charge in [-0.1, -0.05) is 18.6 Å². The van der Waals surface area contributed by atoms with Crippen LogP contribution >= 0.6 is 12.9 Å².